The lowest BCUT2D eigenvalue weighted by Gasteiger charge is -2.30. The van der Waals surface area contributed by atoms with Crippen LogP contribution in [-0.2, 0) is 60.2 Å². The molecule has 61 heavy (non-hydrogen) atoms. The Morgan fingerprint density at radius 3 is 2.02 bits per heavy atom. The van der Waals surface area contributed by atoms with E-state index in [9.17, 15) is 43.7 Å². The molecule has 0 saturated carbocycles. The molecule has 4 N–H and O–H groups in total. The first-order chi connectivity index (χ1) is 28.7. The zero-order valence-corrected chi connectivity index (χ0v) is 37.3. The number of nitrogens with zero attached hydrogens (tertiary/aromatic N) is 2. The first-order valence-electron chi connectivity index (χ1n) is 19.8. The number of rotatable bonds is 25. The van der Waals surface area contributed by atoms with Crippen molar-refractivity contribution in [1.29, 1.82) is 0 Å². The van der Waals surface area contributed by atoms with Gasteiger partial charge < -0.3 is 24.2 Å². The molecule has 19 heteroatoms. The van der Waals surface area contributed by atoms with Gasteiger partial charge in [0.1, 0.15) is 6.61 Å². The summed E-state index contributed by atoms with van der Waals surface area (Å²) in [4.78, 5) is 12.6. The maximum atomic E-state index is 12.2. The highest BCUT2D eigenvalue weighted by molar-refractivity contribution is 7.86. The fourth-order valence-electron chi connectivity index (χ4n) is 7.92. The van der Waals surface area contributed by atoms with Crippen molar-refractivity contribution in [2.75, 3.05) is 64.4 Å². The minimum atomic E-state index is -4.57. The van der Waals surface area contributed by atoms with E-state index in [1.807, 2.05) is 42.7 Å². The number of hydrogen-bond donors (Lipinski definition) is 4. The van der Waals surface area contributed by atoms with Crippen molar-refractivity contribution in [1.82, 2.24) is 0 Å². The molecule has 0 fully saturated rings. The molecule has 0 spiro atoms. The lowest BCUT2D eigenvalue weighted by Crippen LogP contribution is -2.32. The van der Waals surface area contributed by atoms with Crippen LogP contribution in [0.3, 0.4) is 0 Å². The molecule has 0 bridgehead atoms. The van der Waals surface area contributed by atoms with Crippen molar-refractivity contribution in [2.45, 2.75) is 79.4 Å². The van der Waals surface area contributed by atoms with Gasteiger partial charge >= 0.3 is 5.97 Å². The second-order valence-electron chi connectivity index (χ2n) is 15.3. The van der Waals surface area contributed by atoms with Crippen LogP contribution in [0.2, 0.25) is 0 Å². The summed E-state index contributed by atoms with van der Waals surface area (Å²) >= 11 is 0. The van der Waals surface area contributed by atoms with Crippen LogP contribution in [0.25, 0.3) is 0 Å². The van der Waals surface area contributed by atoms with Crippen LogP contribution in [0.4, 0.5) is 11.4 Å². The minimum Gasteiger partial charge on any atom is -0.481 e. The Labute approximate surface area is 359 Å². The van der Waals surface area contributed by atoms with Gasteiger partial charge in [-0.1, -0.05) is 36.8 Å². The fraction of sp³-hybridized carbons (Fsp3) is 0.476. The van der Waals surface area contributed by atoms with Gasteiger partial charge in [-0.3, -0.25) is 18.5 Å². The van der Waals surface area contributed by atoms with Gasteiger partial charge in [-0.05, 0) is 87.9 Å². The SMILES string of the molecule is COCCOCC[N+]1=C(/C=C/C=C/C=C/C=C2/N(CCCCCC(=O)O)c3ccc(S(=O)(=O)O)cc3C2(C)CCOC)C(C)(CCCS(=O)(=O)O)c2cc(S(=O)(=O)O)ccc21. The molecule has 336 valence electrons. The highest BCUT2D eigenvalue weighted by atomic mass is 32.2. The number of hydrogen-bond acceptors (Lipinski definition) is 11. The van der Waals surface area contributed by atoms with Gasteiger partial charge in [0.2, 0.25) is 5.69 Å². The van der Waals surface area contributed by atoms with E-state index in [4.69, 9.17) is 19.3 Å². The fourth-order valence-corrected chi connectivity index (χ4v) is 9.44. The maximum Gasteiger partial charge on any atom is 0.303 e. The van der Waals surface area contributed by atoms with Crippen LogP contribution >= 0.6 is 0 Å². The van der Waals surface area contributed by atoms with Crippen molar-refractivity contribution in [3.8, 4) is 0 Å². The summed E-state index contributed by atoms with van der Waals surface area (Å²) in [6, 6.07) is 8.79. The zero-order chi connectivity index (χ0) is 45.1. The van der Waals surface area contributed by atoms with Crippen molar-refractivity contribution >= 4 is 53.4 Å². The van der Waals surface area contributed by atoms with Gasteiger partial charge in [0.15, 0.2) is 12.3 Å². The van der Waals surface area contributed by atoms with Gasteiger partial charge in [-0.15, -0.1) is 0 Å². The number of carboxylic acid groups (broad SMARTS) is 1. The molecule has 0 radical (unpaired) electrons. The Morgan fingerprint density at radius 1 is 0.738 bits per heavy atom. The summed E-state index contributed by atoms with van der Waals surface area (Å²) in [6.07, 6.45) is 15.4. The minimum absolute atomic E-state index is 0.0529. The Hall–Kier alpha value is -4.05. The number of aliphatic carboxylic acids is 1. The number of carboxylic acids is 1. The first-order valence-corrected chi connectivity index (χ1v) is 24.3. The average Bonchev–Trinajstić information content (AvgIpc) is 3.54. The Balaban J connectivity index is 1.71. The van der Waals surface area contributed by atoms with Crippen molar-refractivity contribution in [3.05, 3.63) is 95.8 Å². The molecular weight excluding hydrogens is 853 g/mol. The molecule has 0 aromatic heterocycles. The Morgan fingerprint density at radius 2 is 1.38 bits per heavy atom. The monoisotopic (exact) mass is 909 g/mol. The third kappa shape index (κ3) is 13.0. The zero-order valence-electron chi connectivity index (χ0n) is 34.9. The van der Waals surface area contributed by atoms with Crippen LogP contribution in [0.5, 0.6) is 0 Å². The number of ether oxygens (including phenoxy) is 3. The number of carbonyl (C=O) groups is 1. The van der Waals surface area contributed by atoms with E-state index in [0.717, 1.165) is 11.4 Å². The normalized spacial score (nSPS) is 20.2. The van der Waals surface area contributed by atoms with E-state index in [-0.39, 0.29) is 35.7 Å². The lowest BCUT2D eigenvalue weighted by atomic mass is 9.76. The van der Waals surface area contributed by atoms with E-state index in [2.05, 4.69) is 4.90 Å². The maximum absolute atomic E-state index is 12.2. The van der Waals surface area contributed by atoms with Gasteiger partial charge in [-0.25, -0.2) is 0 Å². The molecule has 4 rings (SSSR count). The summed E-state index contributed by atoms with van der Waals surface area (Å²) in [7, 11) is -10.2. The average molecular weight is 910 g/mol. The molecule has 2 aliphatic rings. The van der Waals surface area contributed by atoms with Gasteiger partial charge in [0.25, 0.3) is 30.4 Å². The predicted octanol–water partition coefficient (Wildman–Crippen LogP) is 5.88. The quantitative estimate of drug-likeness (QED) is 0.0394. The highest BCUT2D eigenvalue weighted by Gasteiger charge is 2.48. The molecule has 2 unspecified atom stereocenters. The summed E-state index contributed by atoms with van der Waals surface area (Å²) in [5, 5.41) is 9.10. The van der Waals surface area contributed by atoms with Crippen LogP contribution in [0, 0.1) is 0 Å². The number of fused-ring (bicyclic) bond motifs is 2. The van der Waals surface area contributed by atoms with Gasteiger partial charge in [0.05, 0.1) is 34.2 Å². The van der Waals surface area contributed by atoms with Crippen LogP contribution in [-0.4, -0.2) is 120 Å². The number of methoxy groups -OCH3 is 2. The van der Waals surface area contributed by atoms with Crippen molar-refractivity contribution in [2.24, 2.45) is 0 Å². The Kier molecular flexibility index (Phi) is 17.4. The molecule has 2 aromatic rings. The predicted molar refractivity (Wildman–Crippen MR) is 231 cm³/mol. The van der Waals surface area contributed by atoms with Crippen molar-refractivity contribution in [3.63, 3.8) is 0 Å². The van der Waals surface area contributed by atoms with E-state index < -0.39 is 52.9 Å². The molecule has 2 heterocycles. The summed E-state index contributed by atoms with van der Waals surface area (Å²) in [5.41, 5.74) is 2.57. The largest absolute Gasteiger partial charge is 0.481 e. The standard InChI is InChI=1S/C42H56N2O14S3/c1-41(21-13-29-59(47,48)49)34-30-32(60(50,51)52)18-20-37(34)44(24-26-58-28-27-57-4)38(41)14-9-6-5-7-10-15-39-42(2,22-25-56-3)35-31-33(61(53,54)55)17-19-36(35)43(39)23-12-8-11-16-40(45)46/h5-7,9-10,14-15,17-20,30-31H,8,11-13,16,21-29H2,1-4H3,(H3-,45,46,47,48,49,50,51,52,53,54,55)/p+1. The molecule has 0 amide bonds. The smallest absolute Gasteiger partial charge is 0.303 e. The second-order valence-corrected chi connectivity index (χ2v) is 19.7. The first kappa shape index (κ1) is 49.6. The van der Waals surface area contributed by atoms with E-state index in [0.29, 0.717) is 81.1 Å². The Bertz CT molecular complexity index is 2390. The van der Waals surface area contributed by atoms with Gasteiger partial charge in [-0.2, -0.15) is 29.8 Å². The van der Waals surface area contributed by atoms with Crippen molar-refractivity contribution < 1.29 is 67.6 Å². The summed E-state index contributed by atoms with van der Waals surface area (Å²) < 4.78 is 120. The van der Waals surface area contributed by atoms with E-state index >= 15 is 0 Å². The highest BCUT2D eigenvalue weighted by Crippen LogP contribution is 2.51. The molecule has 2 atom stereocenters. The second kappa shape index (κ2) is 21.4. The van der Waals surface area contributed by atoms with Crippen LogP contribution < -0.4 is 4.90 Å². The number of anilines is 1. The molecule has 2 aromatic carbocycles. The molecule has 16 nitrogen and oxygen atoms in total. The third-order valence-corrected chi connectivity index (χ3v) is 13.5. The summed E-state index contributed by atoms with van der Waals surface area (Å²) in [5.74, 6) is -1.37. The third-order valence-electron chi connectivity index (χ3n) is 11.0. The van der Waals surface area contributed by atoms with E-state index in [1.165, 1.54) is 24.3 Å². The number of unbranched alkanes of at least 4 members (excludes halogenated alkanes) is 2. The molecular formula is C42H57N2O14S3+. The lowest BCUT2D eigenvalue weighted by molar-refractivity contribution is -0.442. The molecule has 0 aliphatic carbocycles. The van der Waals surface area contributed by atoms with Crippen LogP contribution in [0.15, 0.2) is 94.4 Å². The number of allylic oxidation sites excluding steroid dienone is 8. The summed E-state index contributed by atoms with van der Waals surface area (Å²) in [6.45, 7) is 6.07. The number of benzene rings is 2. The van der Waals surface area contributed by atoms with Gasteiger partial charge in [0, 0.05) is 68.3 Å². The topological polar surface area (TPSA) is 234 Å². The molecule has 0 saturated heterocycles. The molecule has 2 aliphatic heterocycles. The van der Waals surface area contributed by atoms with E-state index in [1.54, 1.807) is 44.6 Å². The van der Waals surface area contributed by atoms with Crippen LogP contribution in [0.1, 0.15) is 69.9 Å².